The summed E-state index contributed by atoms with van der Waals surface area (Å²) in [5, 5.41) is 4.54. The Morgan fingerprint density at radius 2 is 1.86 bits per heavy atom. The van der Waals surface area contributed by atoms with E-state index in [2.05, 4.69) is 10.6 Å². The summed E-state index contributed by atoms with van der Waals surface area (Å²) < 4.78 is 50.9. The molecule has 1 rings (SSSR count). The highest BCUT2D eigenvalue weighted by molar-refractivity contribution is 5.96. The number of alkyl halides is 3. The second kappa shape index (κ2) is 6.55. The molecule has 1 aromatic rings. The zero-order valence-electron chi connectivity index (χ0n) is 11.3. The van der Waals surface area contributed by atoms with Crippen LogP contribution in [0.15, 0.2) is 18.2 Å². The summed E-state index contributed by atoms with van der Waals surface area (Å²) in [7, 11) is 0. The van der Waals surface area contributed by atoms with Crippen molar-refractivity contribution in [1.82, 2.24) is 10.6 Å². The summed E-state index contributed by atoms with van der Waals surface area (Å²) >= 11 is 0. The van der Waals surface area contributed by atoms with Crippen molar-refractivity contribution in [2.45, 2.75) is 26.1 Å². The van der Waals surface area contributed by atoms with Crippen LogP contribution in [0.3, 0.4) is 0 Å². The summed E-state index contributed by atoms with van der Waals surface area (Å²) in [6, 6.07) is 1.36. The van der Waals surface area contributed by atoms with Crippen molar-refractivity contribution >= 4 is 11.8 Å². The molecule has 4 nitrogen and oxygen atoms in total. The van der Waals surface area contributed by atoms with Gasteiger partial charge in [-0.25, -0.2) is 4.39 Å². The minimum absolute atomic E-state index is 0.153. The normalized spacial score (nSPS) is 11.4. The first-order valence-corrected chi connectivity index (χ1v) is 6.05. The molecule has 0 aliphatic heterocycles. The van der Waals surface area contributed by atoms with Gasteiger partial charge in [-0.1, -0.05) is 0 Å². The van der Waals surface area contributed by atoms with Crippen LogP contribution in [-0.2, 0) is 11.0 Å². The second-order valence-corrected chi connectivity index (χ2v) is 4.60. The SMILES string of the molecule is CC(C)NC(=O)CNC(=O)c1cc(C(F)(F)F)ccc1F. The zero-order chi connectivity index (χ0) is 16.2. The molecule has 0 aliphatic carbocycles. The van der Waals surface area contributed by atoms with Gasteiger partial charge in [0.15, 0.2) is 0 Å². The van der Waals surface area contributed by atoms with E-state index in [1.54, 1.807) is 13.8 Å². The van der Waals surface area contributed by atoms with Gasteiger partial charge in [-0.15, -0.1) is 0 Å². The molecule has 0 heterocycles. The molecule has 8 heteroatoms. The van der Waals surface area contributed by atoms with Crippen LogP contribution in [0.25, 0.3) is 0 Å². The smallest absolute Gasteiger partial charge is 0.352 e. The lowest BCUT2D eigenvalue weighted by Gasteiger charge is -2.11. The average molecular weight is 306 g/mol. The Bertz CT molecular complexity index is 541. The molecule has 1 aromatic carbocycles. The van der Waals surface area contributed by atoms with Gasteiger partial charge in [0.1, 0.15) is 5.82 Å². The van der Waals surface area contributed by atoms with Crippen LogP contribution in [0.4, 0.5) is 17.6 Å². The number of carbonyl (C=O) groups excluding carboxylic acids is 2. The molecular formula is C13H14F4N2O2. The summed E-state index contributed by atoms with van der Waals surface area (Å²) in [6.07, 6.45) is -4.68. The van der Waals surface area contributed by atoms with Crippen molar-refractivity contribution in [2.75, 3.05) is 6.54 Å². The van der Waals surface area contributed by atoms with Gasteiger partial charge in [0.25, 0.3) is 5.91 Å². The van der Waals surface area contributed by atoms with Crippen LogP contribution in [0.1, 0.15) is 29.8 Å². The van der Waals surface area contributed by atoms with Crippen LogP contribution in [0.2, 0.25) is 0 Å². The number of benzene rings is 1. The minimum Gasteiger partial charge on any atom is -0.352 e. The highest BCUT2D eigenvalue weighted by Crippen LogP contribution is 2.30. The Morgan fingerprint density at radius 3 is 2.38 bits per heavy atom. The average Bonchev–Trinajstić information content (AvgIpc) is 2.34. The third-order valence-electron chi connectivity index (χ3n) is 2.40. The number of hydrogen-bond donors (Lipinski definition) is 2. The quantitative estimate of drug-likeness (QED) is 0.837. The minimum atomic E-state index is -4.68. The van der Waals surface area contributed by atoms with Crippen LogP contribution < -0.4 is 10.6 Å². The van der Waals surface area contributed by atoms with Gasteiger partial charge < -0.3 is 10.6 Å². The maximum Gasteiger partial charge on any atom is 0.416 e. The molecular weight excluding hydrogens is 292 g/mol. The van der Waals surface area contributed by atoms with Crippen molar-refractivity contribution in [3.63, 3.8) is 0 Å². The summed E-state index contributed by atoms with van der Waals surface area (Å²) in [6.45, 7) is 2.95. The molecule has 2 amide bonds. The predicted molar refractivity (Wildman–Crippen MR) is 67.0 cm³/mol. The number of carbonyl (C=O) groups is 2. The van der Waals surface area contributed by atoms with E-state index in [1.165, 1.54) is 0 Å². The van der Waals surface area contributed by atoms with Gasteiger partial charge in [-0.2, -0.15) is 13.2 Å². The standard InChI is InChI=1S/C13H14F4N2O2/c1-7(2)19-11(20)6-18-12(21)9-5-8(13(15,16)17)3-4-10(9)14/h3-5,7H,6H2,1-2H3,(H,18,21)(H,19,20). The van der Waals surface area contributed by atoms with E-state index >= 15 is 0 Å². The van der Waals surface area contributed by atoms with Crippen LogP contribution >= 0.6 is 0 Å². The van der Waals surface area contributed by atoms with Crippen molar-refractivity contribution in [1.29, 1.82) is 0 Å². The van der Waals surface area contributed by atoms with E-state index in [0.29, 0.717) is 18.2 Å². The molecule has 116 valence electrons. The number of halogens is 4. The maximum atomic E-state index is 13.4. The fourth-order valence-electron chi connectivity index (χ4n) is 1.50. The second-order valence-electron chi connectivity index (χ2n) is 4.60. The van der Waals surface area contributed by atoms with E-state index in [9.17, 15) is 27.2 Å². The molecule has 0 radical (unpaired) electrons. The zero-order valence-corrected chi connectivity index (χ0v) is 11.3. The fraction of sp³-hybridized carbons (Fsp3) is 0.385. The number of amides is 2. The van der Waals surface area contributed by atoms with Gasteiger partial charge >= 0.3 is 6.18 Å². The third kappa shape index (κ3) is 5.05. The molecule has 0 spiro atoms. The summed E-state index contributed by atoms with van der Waals surface area (Å²) in [5.74, 6) is -2.70. The molecule has 0 saturated carbocycles. The Balaban J connectivity index is 2.81. The van der Waals surface area contributed by atoms with E-state index in [4.69, 9.17) is 0 Å². The Hall–Kier alpha value is -2.12. The lowest BCUT2D eigenvalue weighted by molar-refractivity contribution is -0.137. The van der Waals surface area contributed by atoms with Crippen LogP contribution in [0.5, 0.6) is 0 Å². The highest BCUT2D eigenvalue weighted by atomic mass is 19.4. The third-order valence-corrected chi connectivity index (χ3v) is 2.40. The van der Waals surface area contributed by atoms with E-state index in [0.717, 1.165) is 0 Å². The van der Waals surface area contributed by atoms with Crippen molar-refractivity contribution in [2.24, 2.45) is 0 Å². The molecule has 0 atom stereocenters. The van der Waals surface area contributed by atoms with Gasteiger partial charge in [0, 0.05) is 6.04 Å². The van der Waals surface area contributed by atoms with Gasteiger partial charge in [0.05, 0.1) is 17.7 Å². The summed E-state index contributed by atoms with van der Waals surface area (Å²) in [4.78, 5) is 22.9. The maximum absolute atomic E-state index is 13.4. The molecule has 0 saturated heterocycles. The number of rotatable bonds is 4. The van der Waals surface area contributed by atoms with E-state index in [-0.39, 0.29) is 6.04 Å². The predicted octanol–water partition coefficient (Wildman–Crippen LogP) is 2.10. The monoisotopic (exact) mass is 306 g/mol. The number of hydrogen-bond acceptors (Lipinski definition) is 2. The molecule has 2 N–H and O–H groups in total. The largest absolute Gasteiger partial charge is 0.416 e. The molecule has 0 bridgehead atoms. The first kappa shape index (κ1) is 16.9. The molecule has 0 unspecified atom stereocenters. The first-order valence-electron chi connectivity index (χ1n) is 6.05. The fourth-order valence-corrected chi connectivity index (χ4v) is 1.50. The van der Waals surface area contributed by atoms with Crippen LogP contribution in [0, 0.1) is 5.82 Å². The van der Waals surface area contributed by atoms with Crippen molar-refractivity contribution < 1.29 is 27.2 Å². The Labute approximate surface area is 118 Å². The van der Waals surface area contributed by atoms with Gasteiger partial charge in [0.2, 0.25) is 5.91 Å². The highest BCUT2D eigenvalue weighted by Gasteiger charge is 2.31. The lowest BCUT2D eigenvalue weighted by Crippen LogP contribution is -2.40. The van der Waals surface area contributed by atoms with Gasteiger partial charge in [-0.3, -0.25) is 9.59 Å². The topological polar surface area (TPSA) is 58.2 Å². The van der Waals surface area contributed by atoms with Crippen LogP contribution in [-0.4, -0.2) is 24.4 Å². The van der Waals surface area contributed by atoms with Crippen molar-refractivity contribution in [3.05, 3.63) is 35.1 Å². The summed E-state index contributed by atoms with van der Waals surface area (Å²) in [5.41, 5.74) is -1.90. The Morgan fingerprint density at radius 1 is 1.24 bits per heavy atom. The molecule has 0 aliphatic rings. The van der Waals surface area contributed by atoms with E-state index < -0.39 is 41.5 Å². The van der Waals surface area contributed by atoms with E-state index in [1.807, 2.05) is 0 Å². The first-order chi connectivity index (χ1) is 9.61. The molecule has 21 heavy (non-hydrogen) atoms. The lowest BCUT2D eigenvalue weighted by atomic mass is 10.1. The Kier molecular flexibility index (Phi) is 5.28. The van der Waals surface area contributed by atoms with Crippen molar-refractivity contribution in [3.8, 4) is 0 Å². The number of nitrogens with one attached hydrogen (secondary N) is 2. The van der Waals surface area contributed by atoms with Gasteiger partial charge in [-0.05, 0) is 32.0 Å². The molecule has 0 aromatic heterocycles. The molecule has 0 fully saturated rings.